The summed E-state index contributed by atoms with van der Waals surface area (Å²) in [5, 5.41) is 21.5. The van der Waals surface area contributed by atoms with Gasteiger partial charge in [-0.3, -0.25) is 14.4 Å². The fourth-order valence-electron chi connectivity index (χ4n) is 5.89. The molecule has 1 aromatic heterocycles. The lowest BCUT2D eigenvalue weighted by atomic mass is 9.84. The molecule has 1 atom stereocenters. The van der Waals surface area contributed by atoms with E-state index >= 15 is 0 Å². The van der Waals surface area contributed by atoms with Gasteiger partial charge in [-0.25, -0.2) is 8.42 Å². The third kappa shape index (κ3) is 12.5. The van der Waals surface area contributed by atoms with Crippen molar-refractivity contribution in [2.45, 2.75) is 62.3 Å². The number of carboxylic acids is 1. The third-order valence-corrected chi connectivity index (χ3v) is 10.1. The number of carbonyl (C=O) groups excluding carboxylic acids is 2. The van der Waals surface area contributed by atoms with Crippen molar-refractivity contribution in [3.63, 3.8) is 0 Å². The van der Waals surface area contributed by atoms with Crippen molar-refractivity contribution in [3.8, 4) is 11.3 Å². The maximum Gasteiger partial charge on any atom is 0.323 e. The molecule has 2 fully saturated rings. The second-order valence-corrected chi connectivity index (χ2v) is 13.5. The molecule has 2 aromatic rings. The van der Waals surface area contributed by atoms with E-state index in [1.807, 2.05) is 0 Å². The average molecular weight is 705 g/mol. The predicted octanol–water partition coefficient (Wildman–Crippen LogP) is 2.93. The van der Waals surface area contributed by atoms with E-state index in [2.05, 4.69) is 26.0 Å². The first-order chi connectivity index (χ1) is 21.2. The number of aliphatic carboxylic acids is 1. The number of hydrogen-bond acceptors (Lipinski definition) is 8. The van der Waals surface area contributed by atoms with Crippen LogP contribution in [0.2, 0.25) is 0 Å². The maximum absolute atomic E-state index is 13.2. The highest BCUT2D eigenvalue weighted by Crippen LogP contribution is 2.27. The van der Waals surface area contributed by atoms with E-state index in [4.69, 9.17) is 4.42 Å². The molecule has 46 heavy (non-hydrogen) atoms. The predicted molar refractivity (Wildman–Crippen MR) is 180 cm³/mol. The van der Waals surface area contributed by atoms with Crippen LogP contribution in [-0.2, 0) is 24.4 Å². The Hall–Kier alpha value is -2.68. The Bertz CT molecular complexity index is 1300. The van der Waals surface area contributed by atoms with Crippen molar-refractivity contribution in [1.29, 1.82) is 0 Å². The van der Waals surface area contributed by atoms with Crippen LogP contribution in [0.5, 0.6) is 0 Å². The van der Waals surface area contributed by atoms with Crippen LogP contribution >= 0.6 is 24.8 Å². The standard InChI is InChI=1S/C31H45N5O7S.2ClH/c37-29(21-35-30(38)25(5-3-22-11-15-32-16-12-22)6-4-23-13-17-33-18-14-23)34-20-27(31(39)40)36-44(41,42)26-9-7-24(8-10-26)28-2-1-19-43-28;;/h1-2,7-10,19,22-23,25,27,32-33,36H,3-6,11-18,20-21H2,(H,34,37)(H,35,38)(H,39,40);2*1H. The summed E-state index contributed by atoms with van der Waals surface area (Å²) in [4.78, 5) is 37.4. The maximum atomic E-state index is 13.2. The highest BCUT2D eigenvalue weighted by Gasteiger charge is 2.27. The molecule has 3 heterocycles. The van der Waals surface area contributed by atoms with Crippen LogP contribution < -0.4 is 26.0 Å². The smallest absolute Gasteiger partial charge is 0.323 e. The number of piperidine rings is 2. The van der Waals surface area contributed by atoms with Crippen molar-refractivity contribution < 1.29 is 32.3 Å². The van der Waals surface area contributed by atoms with E-state index in [9.17, 15) is 27.9 Å². The summed E-state index contributed by atoms with van der Waals surface area (Å²) in [6, 6.07) is 7.65. The summed E-state index contributed by atoms with van der Waals surface area (Å²) in [6.07, 6.45) is 9.43. The molecule has 2 aliphatic rings. The van der Waals surface area contributed by atoms with Crippen LogP contribution in [0.4, 0.5) is 0 Å². The Kier molecular flexibility index (Phi) is 17.1. The van der Waals surface area contributed by atoms with E-state index in [1.165, 1.54) is 18.4 Å². The monoisotopic (exact) mass is 703 g/mol. The van der Waals surface area contributed by atoms with Crippen LogP contribution in [0.25, 0.3) is 11.3 Å². The number of furan rings is 1. The first kappa shape index (κ1) is 39.5. The minimum absolute atomic E-state index is 0. The molecular formula is C31H47Cl2N5O7S. The zero-order chi connectivity index (χ0) is 31.4. The zero-order valence-electron chi connectivity index (χ0n) is 25.9. The Morgan fingerprint density at radius 1 is 0.870 bits per heavy atom. The summed E-state index contributed by atoms with van der Waals surface area (Å²) < 4.78 is 33.2. The Balaban J connectivity index is 0.00000368. The van der Waals surface area contributed by atoms with Gasteiger partial charge in [0.25, 0.3) is 0 Å². The second-order valence-electron chi connectivity index (χ2n) is 11.8. The molecule has 258 valence electrons. The molecule has 2 saturated heterocycles. The van der Waals surface area contributed by atoms with Crippen LogP contribution in [0.15, 0.2) is 52.0 Å². The third-order valence-electron chi connectivity index (χ3n) is 8.63. The van der Waals surface area contributed by atoms with E-state index in [1.54, 1.807) is 24.3 Å². The highest BCUT2D eigenvalue weighted by atomic mass is 35.5. The fraction of sp³-hybridized carbons (Fsp3) is 0.581. The molecule has 2 amide bonds. The molecular weight excluding hydrogens is 657 g/mol. The SMILES string of the molecule is Cl.Cl.O=C(CNC(=O)C(CCC1CCNCC1)CCC1CCNCC1)NCC(NS(=O)(=O)c1ccc(-c2ccco2)cc1)C(=O)O. The lowest BCUT2D eigenvalue weighted by molar-refractivity contribution is -0.139. The van der Waals surface area contributed by atoms with Crippen LogP contribution in [0, 0.1) is 17.8 Å². The molecule has 0 spiro atoms. The Labute approximate surface area is 283 Å². The molecule has 1 aromatic carbocycles. The molecule has 0 radical (unpaired) electrons. The van der Waals surface area contributed by atoms with Crippen LogP contribution in [0.1, 0.15) is 51.4 Å². The molecule has 0 aliphatic carbocycles. The normalized spacial score (nSPS) is 16.5. The summed E-state index contributed by atoms with van der Waals surface area (Å²) in [6.45, 7) is 3.21. The van der Waals surface area contributed by atoms with E-state index in [0.29, 0.717) is 23.2 Å². The minimum atomic E-state index is -4.20. The lowest BCUT2D eigenvalue weighted by Crippen LogP contribution is -2.50. The zero-order valence-corrected chi connectivity index (χ0v) is 28.3. The van der Waals surface area contributed by atoms with Gasteiger partial charge in [-0.1, -0.05) is 0 Å². The fourth-order valence-corrected chi connectivity index (χ4v) is 7.08. The van der Waals surface area contributed by atoms with Crippen molar-refractivity contribution >= 4 is 52.6 Å². The largest absolute Gasteiger partial charge is 0.480 e. The molecule has 4 rings (SSSR count). The first-order valence-electron chi connectivity index (χ1n) is 15.6. The van der Waals surface area contributed by atoms with Gasteiger partial charge in [0.1, 0.15) is 11.8 Å². The van der Waals surface area contributed by atoms with Crippen LogP contribution in [-0.4, -0.2) is 76.6 Å². The summed E-state index contributed by atoms with van der Waals surface area (Å²) in [5.41, 5.74) is 0.665. The number of carbonyl (C=O) groups is 3. The minimum Gasteiger partial charge on any atom is -0.480 e. The highest BCUT2D eigenvalue weighted by molar-refractivity contribution is 7.89. The first-order valence-corrected chi connectivity index (χ1v) is 17.0. The molecule has 0 bridgehead atoms. The van der Waals surface area contributed by atoms with Crippen molar-refractivity contribution in [2.24, 2.45) is 17.8 Å². The van der Waals surface area contributed by atoms with Gasteiger partial charge < -0.3 is 30.8 Å². The quantitative estimate of drug-likeness (QED) is 0.153. The van der Waals surface area contributed by atoms with Gasteiger partial charge in [-0.15, -0.1) is 24.8 Å². The van der Waals surface area contributed by atoms with Gasteiger partial charge in [0.15, 0.2) is 0 Å². The van der Waals surface area contributed by atoms with Gasteiger partial charge in [0.2, 0.25) is 21.8 Å². The van der Waals surface area contributed by atoms with Gasteiger partial charge >= 0.3 is 5.97 Å². The number of halogens is 2. The number of benzene rings is 1. The molecule has 2 aliphatic heterocycles. The van der Waals surface area contributed by atoms with E-state index in [-0.39, 0.29) is 48.1 Å². The number of sulfonamides is 1. The topological polar surface area (TPSA) is 179 Å². The Morgan fingerprint density at radius 2 is 1.43 bits per heavy atom. The molecule has 12 nitrogen and oxygen atoms in total. The molecule has 0 saturated carbocycles. The number of nitrogens with one attached hydrogen (secondary N) is 5. The summed E-state index contributed by atoms with van der Waals surface area (Å²) >= 11 is 0. The van der Waals surface area contributed by atoms with Gasteiger partial charge in [-0.2, -0.15) is 4.72 Å². The number of rotatable bonds is 16. The molecule has 1 unspecified atom stereocenters. The number of amides is 2. The molecule has 15 heteroatoms. The van der Waals surface area contributed by atoms with Crippen molar-refractivity contribution in [1.82, 2.24) is 26.0 Å². The second kappa shape index (κ2) is 19.9. The summed E-state index contributed by atoms with van der Waals surface area (Å²) in [5.74, 6) is -0.640. The van der Waals surface area contributed by atoms with Crippen LogP contribution in [0.3, 0.4) is 0 Å². The molecule has 6 N–H and O–H groups in total. The van der Waals surface area contributed by atoms with E-state index < -0.39 is 34.5 Å². The average Bonchev–Trinajstić information content (AvgIpc) is 3.58. The van der Waals surface area contributed by atoms with Crippen molar-refractivity contribution in [3.05, 3.63) is 42.7 Å². The Morgan fingerprint density at radius 3 is 1.93 bits per heavy atom. The van der Waals surface area contributed by atoms with Gasteiger partial charge in [-0.05, 0) is 126 Å². The van der Waals surface area contributed by atoms with Gasteiger partial charge in [0, 0.05) is 18.0 Å². The number of carboxylic acid groups (broad SMARTS) is 1. The lowest BCUT2D eigenvalue weighted by Gasteiger charge is -2.27. The number of hydrogen-bond donors (Lipinski definition) is 6. The van der Waals surface area contributed by atoms with E-state index in [0.717, 1.165) is 77.5 Å². The van der Waals surface area contributed by atoms with Gasteiger partial charge in [0.05, 0.1) is 17.7 Å². The summed E-state index contributed by atoms with van der Waals surface area (Å²) in [7, 11) is -4.20. The van der Waals surface area contributed by atoms with Crippen molar-refractivity contribution in [2.75, 3.05) is 39.3 Å².